The molecule has 1 aliphatic heterocycles. The number of fused-ring (bicyclic) bond motifs is 5. The van der Waals surface area contributed by atoms with Gasteiger partial charge >= 0.3 is 0 Å². The molecule has 7 rings (SSSR count). The number of aromatic nitrogens is 2. The highest BCUT2D eigenvalue weighted by Gasteiger charge is 2.26. The lowest BCUT2D eigenvalue weighted by molar-refractivity contribution is -0.122. The van der Waals surface area contributed by atoms with Gasteiger partial charge in [-0.1, -0.05) is 42.5 Å². The number of nitrogens with one attached hydrogen (secondary N) is 2. The normalized spacial score (nSPS) is 16.6. The topological polar surface area (TPSA) is 84.1 Å². The first kappa shape index (κ1) is 24.9. The number of carbonyl (C=O) groups excluding carboxylic acids is 1. The highest BCUT2D eigenvalue weighted by atomic mass is 16.5. The molecule has 1 atom stereocenters. The summed E-state index contributed by atoms with van der Waals surface area (Å²) < 4.78 is 5.84. The summed E-state index contributed by atoms with van der Waals surface area (Å²) in [5, 5.41) is 14.2. The minimum absolute atomic E-state index is 0.0914. The third-order valence-corrected chi connectivity index (χ3v) is 7.74. The molecule has 4 aromatic rings. The molecule has 39 heavy (non-hydrogen) atoms. The minimum Gasteiger partial charge on any atom is -0.479 e. The van der Waals surface area contributed by atoms with Crippen molar-refractivity contribution in [3.8, 4) is 5.75 Å². The molecule has 2 aliphatic carbocycles. The zero-order valence-corrected chi connectivity index (χ0v) is 22.4. The van der Waals surface area contributed by atoms with Gasteiger partial charge in [-0.3, -0.25) is 9.59 Å². The van der Waals surface area contributed by atoms with E-state index in [4.69, 9.17) is 4.74 Å². The number of anilines is 1. The Morgan fingerprint density at radius 2 is 1.77 bits per heavy atom. The van der Waals surface area contributed by atoms with Crippen LogP contribution in [-0.2, 0) is 17.6 Å². The van der Waals surface area contributed by atoms with Crippen molar-refractivity contribution in [2.24, 2.45) is 0 Å². The molecule has 6 heteroatoms. The van der Waals surface area contributed by atoms with E-state index < -0.39 is 6.10 Å². The van der Waals surface area contributed by atoms with Crippen molar-refractivity contribution >= 4 is 23.2 Å². The first-order valence-electron chi connectivity index (χ1n) is 13.5. The molecule has 0 spiro atoms. The highest BCUT2D eigenvalue weighted by Crippen LogP contribution is 2.36. The van der Waals surface area contributed by atoms with Gasteiger partial charge in [-0.05, 0) is 113 Å². The minimum atomic E-state index is -0.463. The van der Waals surface area contributed by atoms with E-state index in [1.807, 2.05) is 6.92 Å². The van der Waals surface area contributed by atoms with E-state index >= 15 is 0 Å². The van der Waals surface area contributed by atoms with Crippen LogP contribution in [0.1, 0.15) is 47.6 Å². The van der Waals surface area contributed by atoms with Gasteiger partial charge in [-0.2, -0.15) is 5.10 Å². The Morgan fingerprint density at radius 3 is 2.54 bits per heavy atom. The van der Waals surface area contributed by atoms with Crippen molar-refractivity contribution in [1.29, 1.82) is 0 Å². The SMILES string of the molecule is Cc1cc2c(cc1C1=c3ccccc3=c3ccc4c(c3C1)CCCC=4)NC(=O)C(C)O2.Cc1cn[nH]c(=O)c1. The molecule has 6 nitrogen and oxygen atoms in total. The molecule has 0 bridgehead atoms. The molecule has 0 saturated carbocycles. The van der Waals surface area contributed by atoms with Gasteiger partial charge in [0.2, 0.25) is 0 Å². The van der Waals surface area contributed by atoms with Gasteiger partial charge in [0.1, 0.15) is 5.75 Å². The number of rotatable bonds is 1. The van der Waals surface area contributed by atoms with Gasteiger partial charge in [0, 0.05) is 6.07 Å². The maximum atomic E-state index is 12.2. The third kappa shape index (κ3) is 4.67. The van der Waals surface area contributed by atoms with Crippen LogP contribution in [-0.4, -0.2) is 22.2 Å². The molecule has 1 aromatic heterocycles. The van der Waals surface area contributed by atoms with Crippen molar-refractivity contribution < 1.29 is 9.53 Å². The molecule has 0 radical (unpaired) electrons. The standard InChI is InChI=1S/C28H25NO2.C5H6N2O/c1-16-13-27-26(29-28(30)17(2)31-27)15-23(16)25-14-24-19-8-4-3-7-18(19)11-12-22(24)20-9-5-6-10-21(20)25;1-4-2-5(8)7-6-3-4/h5-7,9-13,15,17H,3-4,8,14H2,1-2H3,(H,29,30);2-3H,1H3,(H,7,8). The van der Waals surface area contributed by atoms with Crippen molar-refractivity contribution in [3.05, 3.63) is 120 Å². The number of H-pyrrole nitrogens is 1. The lowest BCUT2D eigenvalue weighted by Gasteiger charge is -2.26. The van der Waals surface area contributed by atoms with Gasteiger partial charge in [-0.25, -0.2) is 5.10 Å². The predicted molar refractivity (Wildman–Crippen MR) is 153 cm³/mol. The lowest BCUT2D eigenvalue weighted by Crippen LogP contribution is -2.34. The maximum absolute atomic E-state index is 12.2. The van der Waals surface area contributed by atoms with E-state index in [-0.39, 0.29) is 11.5 Å². The summed E-state index contributed by atoms with van der Waals surface area (Å²) in [6.07, 6.45) is 7.97. The average Bonchev–Trinajstić information content (AvgIpc) is 2.93. The van der Waals surface area contributed by atoms with E-state index in [9.17, 15) is 9.59 Å². The summed E-state index contributed by atoms with van der Waals surface area (Å²) in [6, 6.07) is 19.0. The Balaban J connectivity index is 0.000000299. The van der Waals surface area contributed by atoms with E-state index in [2.05, 4.69) is 77.0 Å². The Morgan fingerprint density at radius 1 is 0.949 bits per heavy atom. The highest BCUT2D eigenvalue weighted by molar-refractivity contribution is 5.98. The van der Waals surface area contributed by atoms with Crippen molar-refractivity contribution in [2.45, 2.75) is 52.6 Å². The van der Waals surface area contributed by atoms with E-state index in [1.54, 1.807) is 13.1 Å². The number of aromatic amines is 1. The fourth-order valence-corrected chi connectivity index (χ4v) is 5.84. The van der Waals surface area contributed by atoms with Crippen LogP contribution in [0.4, 0.5) is 5.69 Å². The number of hydrogen-bond donors (Lipinski definition) is 2. The zero-order valence-electron chi connectivity index (χ0n) is 22.4. The number of amides is 1. The Kier molecular flexibility index (Phi) is 6.39. The van der Waals surface area contributed by atoms with Crippen LogP contribution in [0, 0.1) is 24.3 Å². The van der Waals surface area contributed by atoms with E-state index in [1.165, 1.54) is 67.6 Å². The number of carbonyl (C=O) groups is 1. The smallest absolute Gasteiger partial charge is 0.265 e. The number of nitrogens with zero attached hydrogens (tertiary/aromatic N) is 1. The van der Waals surface area contributed by atoms with Crippen molar-refractivity contribution in [1.82, 2.24) is 10.2 Å². The molecule has 1 unspecified atom stereocenters. The zero-order chi connectivity index (χ0) is 27.1. The molecular weight excluding hydrogens is 486 g/mol. The Hall–Kier alpha value is -4.45. The summed E-state index contributed by atoms with van der Waals surface area (Å²) in [5.74, 6) is 0.664. The second-order valence-electron chi connectivity index (χ2n) is 10.5. The number of aryl methyl sites for hydroxylation is 2. The third-order valence-electron chi connectivity index (χ3n) is 7.74. The first-order chi connectivity index (χ1) is 18.9. The van der Waals surface area contributed by atoms with Crippen LogP contribution in [0.15, 0.2) is 65.6 Å². The second-order valence-corrected chi connectivity index (χ2v) is 10.5. The summed E-state index contributed by atoms with van der Waals surface area (Å²) in [7, 11) is 0. The van der Waals surface area contributed by atoms with Gasteiger partial charge in [0.15, 0.2) is 6.10 Å². The van der Waals surface area contributed by atoms with Gasteiger partial charge in [0.05, 0.1) is 11.9 Å². The molecule has 2 N–H and O–H groups in total. The van der Waals surface area contributed by atoms with Crippen molar-refractivity contribution in [3.63, 3.8) is 0 Å². The van der Waals surface area contributed by atoms with Crippen LogP contribution in [0.5, 0.6) is 5.75 Å². The van der Waals surface area contributed by atoms with Gasteiger partial charge < -0.3 is 10.1 Å². The van der Waals surface area contributed by atoms with Crippen LogP contribution in [0.3, 0.4) is 0 Å². The number of hydrogen-bond acceptors (Lipinski definition) is 4. The Labute approximate surface area is 226 Å². The van der Waals surface area contributed by atoms with E-state index in [0.29, 0.717) is 0 Å². The van der Waals surface area contributed by atoms with Crippen LogP contribution >= 0.6 is 0 Å². The molecule has 2 heterocycles. The fourth-order valence-electron chi connectivity index (χ4n) is 5.84. The quantitative estimate of drug-likeness (QED) is 0.401. The molecule has 196 valence electrons. The first-order valence-corrected chi connectivity index (χ1v) is 13.5. The maximum Gasteiger partial charge on any atom is 0.265 e. The molecule has 3 aromatic carbocycles. The summed E-state index contributed by atoms with van der Waals surface area (Å²) in [4.78, 5) is 22.6. The fraction of sp³-hybridized carbons (Fsp3) is 0.242. The predicted octanol–water partition coefficient (Wildman–Crippen LogP) is 3.95. The molecule has 3 aliphatic rings. The summed E-state index contributed by atoms with van der Waals surface area (Å²) in [6.45, 7) is 5.74. The molecule has 0 fully saturated rings. The molecular formula is C33H31N3O3. The van der Waals surface area contributed by atoms with Crippen LogP contribution in [0.2, 0.25) is 0 Å². The average molecular weight is 518 g/mol. The van der Waals surface area contributed by atoms with Crippen LogP contribution < -0.4 is 26.1 Å². The lowest BCUT2D eigenvalue weighted by atomic mass is 9.83. The summed E-state index contributed by atoms with van der Waals surface area (Å²) in [5.41, 5.74) is 8.17. The van der Waals surface area contributed by atoms with Crippen molar-refractivity contribution in [2.75, 3.05) is 5.32 Å². The van der Waals surface area contributed by atoms with Gasteiger partial charge in [0.25, 0.3) is 11.5 Å². The number of ether oxygens (including phenoxy) is 1. The summed E-state index contributed by atoms with van der Waals surface area (Å²) >= 11 is 0. The van der Waals surface area contributed by atoms with Gasteiger partial charge in [-0.15, -0.1) is 0 Å². The molecule has 0 saturated heterocycles. The van der Waals surface area contributed by atoms with E-state index in [0.717, 1.165) is 29.8 Å². The number of benzene rings is 3. The van der Waals surface area contributed by atoms with Crippen LogP contribution in [0.25, 0.3) is 11.6 Å². The second kappa shape index (κ2) is 10.0. The monoisotopic (exact) mass is 517 g/mol. The molecule has 1 amide bonds. The Bertz CT molecular complexity index is 1910. The largest absolute Gasteiger partial charge is 0.479 e.